The number of nitrogens with one attached hydrogen (secondary N) is 1. The van der Waals surface area contributed by atoms with Gasteiger partial charge in [0.05, 0.1) is 11.1 Å². The summed E-state index contributed by atoms with van der Waals surface area (Å²) >= 11 is 5.64. The van der Waals surface area contributed by atoms with Gasteiger partial charge in [0, 0.05) is 24.5 Å². The molecule has 0 spiro atoms. The number of carbonyl (C=O) groups is 2. The van der Waals surface area contributed by atoms with Gasteiger partial charge in [-0.2, -0.15) is 0 Å². The quantitative estimate of drug-likeness (QED) is 0.767. The van der Waals surface area contributed by atoms with Crippen molar-refractivity contribution in [2.45, 2.75) is 38.8 Å². The van der Waals surface area contributed by atoms with Gasteiger partial charge in [0.2, 0.25) is 0 Å². The molecule has 0 saturated heterocycles. The minimum Gasteiger partial charge on any atom is -0.484 e. The van der Waals surface area contributed by atoms with E-state index in [1.807, 2.05) is 6.92 Å². The molecule has 0 aromatic heterocycles. The smallest absolute Gasteiger partial charge is 0.330 e. The number of benzene rings is 1. The molecular formula is C17H21ClFNO5. The summed E-state index contributed by atoms with van der Waals surface area (Å²) in [7, 11) is 0. The Morgan fingerprint density at radius 1 is 1.44 bits per heavy atom. The molecule has 1 fully saturated rings. The highest BCUT2D eigenvalue weighted by Crippen LogP contribution is 2.51. The number of ether oxygens (including phenoxy) is 2. The van der Waals surface area contributed by atoms with Crippen LogP contribution in [0.4, 0.5) is 4.39 Å². The van der Waals surface area contributed by atoms with E-state index in [4.69, 9.17) is 21.1 Å². The number of hydrogen-bond donors (Lipinski definition) is 2. The van der Waals surface area contributed by atoms with Crippen LogP contribution in [-0.4, -0.2) is 41.8 Å². The zero-order valence-electron chi connectivity index (χ0n) is 14.3. The first-order chi connectivity index (χ1) is 11.6. The Hall–Kier alpha value is -1.86. The second-order valence-electron chi connectivity index (χ2n) is 6.49. The zero-order valence-corrected chi connectivity index (χ0v) is 15.0. The van der Waals surface area contributed by atoms with E-state index in [1.54, 1.807) is 13.8 Å². The summed E-state index contributed by atoms with van der Waals surface area (Å²) in [5, 5.41) is 12.1. The lowest BCUT2D eigenvalue weighted by Gasteiger charge is -2.58. The Balaban J connectivity index is 2.02. The van der Waals surface area contributed by atoms with Crippen molar-refractivity contribution in [2.24, 2.45) is 5.41 Å². The summed E-state index contributed by atoms with van der Waals surface area (Å²) in [6.45, 7) is 5.37. The monoisotopic (exact) mass is 373 g/mol. The van der Waals surface area contributed by atoms with Crippen LogP contribution in [0.2, 0.25) is 5.02 Å². The summed E-state index contributed by atoms with van der Waals surface area (Å²) in [4.78, 5) is 24.0. The minimum absolute atomic E-state index is 0.125. The third-order valence-electron chi connectivity index (χ3n) is 4.74. The summed E-state index contributed by atoms with van der Waals surface area (Å²) in [5.74, 6) is -2.09. The van der Waals surface area contributed by atoms with Crippen molar-refractivity contribution < 1.29 is 28.6 Å². The predicted molar refractivity (Wildman–Crippen MR) is 89.2 cm³/mol. The Morgan fingerprint density at radius 3 is 2.64 bits per heavy atom. The molecule has 0 radical (unpaired) electrons. The highest BCUT2D eigenvalue weighted by atomic mass is 35.5. The molecule has 1 aliphatic carbocycles. The van der Waals surface area contributed by atoms with Crippen LogP contribution in [0.15, 0.2) is 18.2 Å². The first-order valence-corrected chi connectivity index (χ1v) is 8.25. The van der Waals surface area contributed by atoms with E-state index in [9.17, 15) is 19.1 Å². The third-order valence-corrected chi connectivity index (χ3v) is 5.03. The molecule has 138 valence electrons. The van der Waals surface area contributed by atoms with Crippen molar-refractivity contribution in [3.63, 3.8) is 0 Å². The summed E-state index contributed by atoms with van der Waals surface area (Å²) in [5.41, 5.74) is -2.20. The number of halogens is 2. The average Bonchev–Trinajstić information content (AvgIpc) is 2.54. The number of hydrogen-bond acceptors (Lipinski definition) is 4. The number of carbonyl (C=O) groups excluding carboxylic acids is 1. The fourth-order valence-corrected chi connectivity index (χ4v) is 3.20. The molecule has 6 nitrogen and oxygen atoms in total. The summed E-state index contributed by atoms with van der Waals surface area (Å²) in [6.07, 6.45) is -0.0807. The molecule has 1 aliphatic rings. The number of rotatable bonds is 7. The van der Waals surface area contributed by atoms with E-state index in [1.165, 1.54) is 12.1 Å². The van der Waals surface area contributed by atoms with Gasteiger partial charge in [-0.3, -0.25) is 4.79 Å². The first kappa shape index (κ1) is 19.5. The maximum Gasteiger partial charge on any atom is 0.330 e. The highest BCUT2D eigenvalue weighted by Gasteiger charge is 2.66. The maximum absolute atomic E-state index is 13.1. The van der Waals surface area contributed by atoms with Gasteiger partial charge >= 0.3 is 5.97 Å². The second kappa shape index (κ2) is 7.17. The Kier molecular flexibility index (Phi) is 5.58. The fraction of sp³-hybridized carbons (Fsp3) is 0.529. The van der Waals surface area contributed by atoms with Crippen LogP contribution in [0.25, 0.3) is 0 Å². The van der Waals surface area contributed by atoms with E-state index in [0.29, 0.717) is 6.61 Å². The molecule has 0 heterocycles. The molecule has 2 atom stereocenters. The number of aliphatic carboxylic acids is 1. The van der Waals surface area contributed by atoms with Gasteiger partial charge in [-0.15, -0.1) is 0 Å². The van der Waals surface area contributed by atoms with Crippen LogP contribution in [0.3, 0.4) is 0 Å². The van der Waals surface area contributed by atoms with Crippen molar-refractivity contribution in [3.05, 3.63) is 29.0 Å². The van der Waals surface area contributed by atoms with Gasteiger partial charge in [0.15, 0.2) is 6.61 Å². The fourth-order valence-electron chi connectivity index (χ4n) is 3.03. The van der Waals surface area contributed by atoms with Gasteiger partial charge in [-0.1, -0.05) is 25.4 Å². The molecule has 2 N–H and O–H groups in total. The number of carboxylic acids is 1. The van der Waals surface area contributed by atoms with E-state index in [0.717, 1.165) is 6.07 Å². The van der Waals surface area contributed by atoms with E-state index in [-0.39, 0.29) is 23.3 Å². The van der Waals surface area contributed by atoms with Crippen molar-refractivity contribution >= 4 is 23.5 Å². The second-order valence-corrected chi connectivity index (χ2v) is 6.90. The normalized spacial score (nSPS) is 24.3. The maximum atomic E-state index is 13.1. The van der Waals surface area contributed by atoms with E-state index in [2.05, 4.69) is 5.32 Å². The summed E-state index contributed by atoms with van der Waals surface area (Å²) < 4.78 is 23.9. The minimum atomic E-state index is -1.42. The Morgan fingerprint density at radius 2 is 2.12 bits per heavy atom. The predicted octanol–water partition coefficient (Wildman–Crippen LogP) is 2.63. The average molecular weight is 374 g/mol. The number of amides is 1. The van der Waals surface area contributed by atoms with E-state index >= 15 is 0 Å². The lowest BCUT2D eigenvalue weighted by molar-refractivity contribution is -0.194. The van der Waals surface area contributed by atoms with Gasteiger partial charge in [-0.05, 0) is 19.1 Å². The van der Waals surface area contributed by atoms with Gasteiger partial charge in [-0.25, -0.2) is 9.18 Å². The molecule has 8 heteroatoms. The van der Waals surface area contributed by atoms with Crippen LogP contribution in [0.5, 0.6) is 5.75 Å². The standard InChI is InChI=1S/C17H21ClFNO5/c1-4-24-13-8-17(15(22)23,16(13,2)3)20-14(21)9-25-10-5-6-12(19)11(18)7-10/h5-7,13H,4,8-9H2,1-3H3,(H,20,21)(H,22,23). The summed E-state index contributed by atoms with van der Waals surface area (Å²) in [6, 6.07) is 3.70. The molecule has 2 unspecified atom stereocenters. The molecule has 0 bridgehead atoms. The molecule has 1 aromatic rings. The molecule has 2 rings (SSSR count). The Labute approximate surface area is 150 Å². The van der Waals surface area contributed by atoms with Crippen molar-refractivity contribution in [1.82, 2.24) is 5.32 Å². The molecule has 1 saturated carbocycles. The largest absolute Gasteiger partial charge is 0.484 e. The highest BCUT2D eigenvalue weighted by molar-refractivity contribution is 6.30. The topological polar surface area (TPSA) is 84.9 Å². The van der Waals surface area contributed by atoms with Crippen molar-refractivity contribution in [3.8, 4) is 5.75 Å². The Bertz CT molecular complexity index is 681. The zero-order chi connectivity index (χ0) is 18.8. The lowest BCUT2D eigenvalue weighted by atomic mass is 9.54. The van der Waals surface area contributed by atoms with Crippen LogP contribution >= 0.6 is 11.6 Å². The molecule has 0 aliphatic heterocycles. The van der Waals surface area contributed by atoms with Crippen LogP contribution in [0.1, 0.15) is 27.2 Å². The molecular weight excluding hydrogens is 353 g/mol. The molecule has 1 aromatic carbocycles. The van der Waals surface area contributed by atoms with E-state index < -0.39 is 35.3 Å². The third kappa shape index (κ3) is 3.57. The lowest BCUT2D eigenvalue weighted by Crippen LogP contribution is -2.76. The van der Waals surface area contributed by atoms with Crippen molar-refractivity contribution in [1.29, 1.82) is 0 Å². The van der Waals surface area contributed by atoms with Crippen LogP contribution in [-0.2, 0) is 14.3 Å². The van der Waals surface area contributed by atoms with Crippen LogP contribution in [0, 0.1) is 11.2 Å². The first-order valence-electron chi connectivity index (χ1n) is 7.88. The SMILES string of the molecule is CCOC1CC(NC(=O)COc2ccc(F)c(Cl)c2)(C(=O)O)C1(C)C. The number of carboxylic acid groups (broad SMARTS) is 1. The van der Waals surface area contributed by atoms with Crippen LogP contribution < -0.4 is 10.1 Å². The van der Waals surface area contributed by atoms with Gasteiger partial charge < -0.3 is 19.9 Å². The van der Waals surface area contributed by atoms with Crippen molar-refractivity contribution in [2.75, 3.05) is 13.2 Å². The molecule has 25 heavy (non-hydrogen) atoms. The van der Waals surface area contributed by atoms with Gasteiger partial charge in [0.1, 0.15) is 17.1 Å². The van der Waals surface area contributed by atoms with Gasteiger partial charge in [0.25, 0.3) is 5.91 Å². The molecule has 1 amide bonds.